The van der Waals surface area contributed by atoms with Gasteiger partial charge in [0.1, 0.15) is 0 Å². The molecule has 1 aliphatic heterocycles. The van der Waals surface area contributed by atoms with Crippen LogP contribution < -0.4 is 5.32 Å². The topological polar surface area (TPSA) is 109 Å². The number of hydrogen-bond acceptors (Lipinski definition) is 5. The second-order valence-corrected chi connectivity index (χ2v) is 8.13. The zero-order chi connectivity index (χ0) is 22.5. The Bertz CT molecular complexity index is 948. The summed E-state index contributed by atoms with van der Waals surface area (Å²) in [5.74, 6) is 0.332. The van der Waals surface area contributed by atoms with Gasteiger partial charge in [0.05, 0.1) is 31.1 Å². The van der Waals surface area contributed by atoms with Crippen LogP contribution in [0.2, 0.25) is 0 Å². The van der Waals surface area contributed by atoms with Gasteiger partial charge in [-0.25, -0.2) is 19.2 Å². The summed E-state index contributed by atoms with van der Waals surface area (Å²) in [7, 11) is 0. The molecule has 0 radical (unpaired) electrons. The van der Waals surface area contributed by atoms with E-state index < -0.39 is 5.82 Å². The number of piperidine rings is 1. The van der Waals surface area contributed by atoms with Crippen molar-refractivity contribution in [2.45, 2.75) is 45.7 Å². The molecular weight excluding hydrogens is 397 g/mol. The van der Waals surface area contributed by atoms with Crippen LogP contribution in [0.5, 0.6) is 0 Å². The van der Waals surface area contributed by atoms with Crippen LogP contribution in [0.15, 0.2) is 30.6 Å². The van der Waals surface area contributed by atoms with Crippen LogP contribution in [0, 0.1) is 29.5 Å². The van der Waals surface area contributed by atoms with E-state index in [2.05, 4.69) is 22.2 Å². The lowest BCUT2D eigenvalue weighted by atomic mass is 9.88. The van der Waals surface area contributed by atoms with E-state index in [0.29, 0.717) is 29.5 Å². The maximum absolute atomic E-state index is 13.2. The third-order valence-electron chi connectivity index (χ3n) is 5.62. The minimum atomic E-state index is -0.505. The number of nitrogens with zero attached hydrogens (tertiary/aromatic N) is 4. The van der Waals surface area contributed by atoms with Gasteiger partial charge in [-0.05, 0) is 50.3 Å². The molecule has 3 rings (SSSR count). The van der Waals surface area contributed by atoms with Crippen molar-refractivity contribution in [3.63, 3.8) is 0 Å². The van der Waals surface area contributed by atoms with Crippen molar-refractivity contribution in [2.75, 3.05) is 11.9 Å². The highest BCUT2D eigenvalue weighted by molar-refractivity contribution is 5.91. The van der Waals surface area contributed by atoms with Crippen molar-refractivity contribution >= 4 is 24.4 Å². The molecule has 1 aromatic heterocycles. The molecule has 2 aromatic rings. The van der Waals surface area contributed by atoms with Crippen LogP contribution in [0.3, 0.4) is 0 Å². The normalized spacial score (nSPS) is 20.8. The number of rotatable bonds is 6. The zero-order valence-corrected chi connectivity index (χ0v) is 18.0. The van der Waals surface area contributed by atoms with Gasteiger partial charge in [-0.3, -0.25) is 10.8 Å². The first-order valence-electron chi connectivity index (χ1n) is 10.3. The zero-order valence-electron chi connectivity index (χ0n) is 18.0. The quantitative estimate of drug-likeness (QED) is 0.470. The third kappa shape index (κ3) is 5.22. The van der Waals surface area contributed by atoms with E-state index in [-0.39, 0.29) is 19.5 Å². The molecule has 1 unspecified atom stereocenters. The van der Waals surface area contributed by atoms with E-state index in [4.69, 9.17) is 10.8 Å². The average Bonchev–Trinajstić information content (AvgIpc) is 2.73. The van der Waals surface area contributed by atoms with E-state index >= 15 is 0 Å². The van der Waals surface area contributed by atoms with Crippen LogP contribution in [-0.2, 0) is 0 Å². The molecule has 1 aromatic carbocycles. The number of benzene rings is 1. The van der Waals surface area contributed by atoms with Crippen molar-refractivity contribution in [2.24, 2.45) is 5.92 Å². The Kier molecular flexibility index (Phi) is 6.94. The second-order valence-electron chi connectivity index (χ2n) is 8.13. The van der Waals surface area contributed by atoms with Gasteiger partial charge < -0.3 is 15.1 Å². The molecule has 0 saturated carbocycles. The van der Waals surface area contributed by atoms with E-state index in [1.165, 1.54) is 4.90 Å². The van der Waals surface area contributed by atoms with Crippen LogP contribution >= 0.6 is 0 Å². The van der Waals surface area contributed by atoms with Gasteiger partial charge in [-0.1, -0.05) is 13.0 Å². The summed E-state index contributed by atoms with van der Waals surface area (Å²) in [5, 5.41) is 17.9. The largest absolute Gasteiger partial charge is 0.322 e. The number of carbonyl (C=O) groups excluding carboxylic acids is 1. The number of hydrogen-bond donors (Lipinski definition) is 3. The predicted molar refractivity (Wildman–Crippen MR) is 121 cm³/mol. The van der Waals surface area contributed by atoms with Crippen molar-refractivity contribution in [1.82, 2.24) is 19.8 Å². The van der Waals surface area contributed by atoms with Gasteiger partial charge in [-0.2, -0.15) is 0 Å². The molecule has 166 valence electrons. The molecule has 1 fully saturated rings. The molecule has 1 aliphatic rings. The van der Waals surface area contributed by atoms with E-state index in [1.54, 1.807) is 6.07 Å². The van der Waals surface area contributed by atoms with Gasteiger partial charge in [0, 0.05) is 25.3 Å². The third-order valence-corrected chi connectivity index (χ3v) is 5.62. The number of urea groups is 1. The van der Waals surface area contributed by atoms with Crippen LogP contribution in [0.4, 0.5) is 14.9 Å². The number of halogens is 1. The number of aryl methyl sites for hydroxylation is 1. The van der Waals surface area contributed by atoms with Crippen molar-refractivity contribution in [1.29, 1.82) is 10.8 Å². The summed E-state index contributed by atoms with van der Waals surface area (Å²) >= 11 is 0. The molecule has 0 aliphatic carbocycles. The second kappa shape index (κ2) is 9.63. The van der Waals surface area contributed by atoms with Crippen molar-refractivity contribution in [3.8, 4) is 11.4 Å². The van der Waals surface area contributed by atoms with Gasteiger partial charge in [0.15, 0.2) is 11.6 Å². The SMILES string of the molecule is Cc1ccc(NC(=O)N2C(CN(C=N)C=N)C[C@H](C)C[C@H]2C)cc1-c1ncc(F)cn1.[HH]. The minimum absolute atomic E-state index is 0. The fraction of sp³-hybridized carbons (Fsp3) is 0.409. The van der Waals surface area contributed by atoms with Crippen LogP contribution in [0.25, 0.3) is 11.4 Å². The monoisotopic (exact) mass is 427 g/mol. The number of aromatic nitrogens is 2. The maximum Gasteiger partial charge on any atom is 0.322 e. The summed E-state index contributed by atoms with van der Waals surface area (Å²) in [6, 6.07) is 5.14. The van der Waals surface area contributed by atoms with Gasteiger partial charge in [-0.15, -0.1) is 0 Å². The first-order valence-corrected chi connectivity index (χ1v) is 10.3. The highest BCUT2D eigenvalue weighted by Crippen LogP contribution is 2.29. The lowest BCUT2D eigenvalue weighted by Gasteiger charge is -2.44. The summed E-state index contributed by atoms with van der Waals surface area (Å²) in [6.07, 6.45) is 6.13. The van der Waals surface area contributed by atoms with Gasteiger partial charge in [0.2, 0.25) is 0 Å². The Labute approximate surface area is 183 Å². The smallest absolute Gasteiger partial charge is 0.322 e. The lowest BCUT2D eigenvalue weighted by Crippen LogP contribution is -2.55. The molecule has 3 N–H and O–H groups in total. The van der Waals surface area contributed by atoms with E-state index in [0.717, 1.165) is 43.5 Å². The molecular formula is C22H30FN7O. The number of nitrogens with one attached hydrogen (secondary N) is 3. The Balaban J connectivity index is 0.00000363. The highest BCUT2D eigenvalue weighted by atomic mass is 19.1. The number of anilines is 1. The average molecular weight is 428 g/mol. The van der Waals surface area contributed by atoms with Crippen LogP contribution in [0.1, 0.15) is 33.7 Å². The fourth-order valence-electron chi connectivity index (χ4n) is 4.22. The number of amides is 2. The molecule has 0 spiro atoms. The first-order chi connectivity index (χ1) is 14.8. The molecule has 2 heterocycles. The summed E-state index contributed by atoms with van der Waals surface area (Å²) < 4.78 is 13.2. The van der Waals surface area contributed by atoms with E-state index in [1.807, 2.05) is 30.9 Å². The molecule has 9 heteroatoms. The van der Waals surface area contributed by atoms with Crippen molar-refractivity contribution < 1.29 is 10.6 Å². The Hall–Kier alpha value is -3.36. The Morgan fingerprint density at radius 2 is 1.97 bits per heavy atom. The molecule has 2 amide bonds. The number of carbonyl (C=O) groups is 1. The molecule has 0 bridgehead atoms. The lowest BCUT2D eigenvalue weighted by molar-refractivity contribution is 0.0949. The van der Waals surface area contributed by atoms with E-state index in [9.17, 15) is 9.18 Å². The van der Waals surface area contributed by atoms with Crippen molar-refractivity contribution in [3.05, 3.63) is 42.0 Å². The molecule has 3 atom stereocenters. The highest BCUT2D eigenvalue weighted by Gasteiger charge is 2.35. The predicted octanol–water partition coefficient (Wildman–Crippen LogP) is 4.37. The summed E-state index contributed by atoms with van der Waals surface area (Å²) in [4.78, 5) is 24.6. The molecule has 1 saturated heterocycles. The fourth-order valence-corrected chi connectivity index (χ4v) is 4.22. The Morgan fingerprint density at radius 1 is 1.29 bits per heavy atom. The summed E-state index contributed by atoms with van der Waals surface area (Å²) in [5.41, 5.74) is 2.22. The Morgan fingerprint density at radius 3 is 2.61 bits per heavy atom. The summed E-state index contributed by atoms with van der Waals surface area (Å²) in [6.45, 7) is 6.49. The molecule has 8 nitrogen and oxygen atoms in total. The maximum atomic E-state index is 13.2. The number of likely N-dealkylation sites (tertiary alicyclic amines) is 1. The van der Waals surface area contributed by atoms with Gasteiger partial charge >= 0.3 is 6.03 Å². The van der Waals surface area contributed by atoms with Gasteiger partial charge in [0.25, 0.3) is 0 Å². The first kappa shape index (κ1) is 22.3. The standard InChI is InChI=1S/C22H28FN7O.H2/c1-14-6-16(3)30(19(7-14)11-29(12-24)13-25)22(31)28-18-5-4-15(2)20(8-18)21-26-9-17(23)10-27-21;/h4-5,8-10,12-14,16,19,24-25H,6-7,11H2,1-3H3,(H,28,31);1H/t14-,16-,19?;/m1./s1. The van der Waals surface area contributed by atoms with Crippen LogP contribution in [-0.4, -0.2) is 57.1 Å². The minimum Gasteiger partial charge on any atom is -0.322 e. The molecule has 31 heavy (non-hydrogen) atoms.